The Morgan fingerprint density at radius 3 is 2.24 bits per heavy atom. The number of azo groups is 1. The molecule has 176 valence electrons. The summed E-state index contributed by atoms with van der Waals surface area (Å²) in [7, 11) is -2.45. The Kier molecular flexibility index (Phi) is 7.31. The standard InChI is InChI=1S/C24H24N4O5S/c1-32-22-12-7-18(17-23(22)34(30,31)28-13-15-33-16-14-28)24(29)25-19-8-10-21(11-9-19)27-26-20-5-3-2-4-6-20/h2-12,17H,13-16H2,1H3,(H,25,29). The average Bonchev–Trinajstić information content (AvgIpc) is 2.89. The lowest BCUT2D eigenvalue weighted by molar-refractivity contribution is 0.0729. The summed E-state index contributed by atoms with van der Waals surface area (Å²) in [6.07, 6.45) is 0. The van der Waals surface area contributed by atoms with Crippen LogP contribution in [-0.4, -0.2) is 52.0 Å². The van der Waals surface area contributed by atoms with Gasteiger partial charge >= 0.3 is 0 Å². The van der Waals surface area contributed by atoms with E-state index >= 15 is 0 Å². The summed E-state index contributed by atoms with van der Waals surface area (Å²) < 4.78 is 38.1. The highest BCUT2D eigenvalue weighted by Crippen LogP contribution is 2.29. The monoisotopic (exact) mass is 480 g/mol. The number of methoxy groups -OCH3 is 1. The van der Waals surface area contributed by atoms with E-state index < -0.39 is 15.9 Å². The maximum atomic E-state index is 13.1. The normalized spacial score (nSPS) is 14.7. The number of anilines is 1. The van der Waals surface area contributed by atoms with Crippen LogP contribution in [0.25, 0.3) is 0 Å². The van der Waals surface area contributed by atoms with Gasteiger partial charge in [-0.05, 0) is 54.6 Å². The van der Waals surface area contributed by atoms with E-state index in [1.54, 1.807) is 24.3 Å². The molecule has 1 aliphatic heterocycles. The van der Waals surface area contributed by atoms with Crippen LogP contribution in [-0.2, 0) is 14.8 Å². The van der Waals surface area contributed by atoms with Crippen LogP contribution in [0.3, 0.4) is 0 Å². The van der Waals surface area contributed by atoms with Crippen molar-refractivity contribution in [2.45, 2.75) is 4.90 Å². The third-order valence-electron chi connectivity index (χ3n) is 5.18. The number of hydrogen-bond acceptors (Lipinski definition) is 7. The molecule has 0 bridgehead atoms. The van der Waals surface area contributed by atoms with E-state index in [2.05, 4.69) is 15.5 Å². The van der Waals surface area contributed by atoms with Crippen molar-refractivity contribution < 1.29 is 22.7 Å². The number of nitrogens with zero attached hydrogens (tertiary/aromatic N) is 3. The van der Waals surface area contributed by atoms with Crippen LogP contribution < -0.4 is 10.1 Å². The van der Waals surface area contributed by atoms with Gasteiger partial charge in [-0.3, -0.25) is 4.79 Å². The molecule has 0 aromatic heterocycles. The molecule has 0 spiro atoms. The number of morpholine rings is 1. The number of sulfonamides is 1. The van der Waals surface area contributed by atoms with E-state index in [-0.39, 0.29) is 29.3 Å². The van der Waals surface area contributed by atoms with Crippen molar-refractivity contribution in [3.05, 3.63) is 78.4 Å². The van der Waals surface area contributed by atoms with Gasteiger partial charge in [-0.2, -0.15) is 14.5 Å². The summed E-state index contributed by atoms with van der Waals surface area (Å²) in [4.78, 5) is 12.8. The number of amides is 1. The molecule has 1 N–H and O–H groups in total. The molecule has 1 amide bonds. The van der Waals surface area contributed by atoms with E-state index in [4.69, 9.17) is 9.47 Å². The highest BCUT2D eigenvalue weighted by atomic mass is 32.2. The predicted octanol–water partition coefficient (Wildman–Crippen LogP) is 4.38. The van der Waals surface area contributed by atoms with Gasteiger partial charge in [-0.1, -0.05) is 18.2 Å². The predicted molar refractivity (Wildman–Crippen MR) is 128 cm³/mol. The number of carbonyl (C=O) groups is 1. The molecule has 1 aliphatic rings. The van der Waals surface area contributed by atoms with Gasteiger partial charge in [0.15, 0.2) is 0 Å². The zero-order chi connectivity index (χ0) is 24.0. The SMILES string of the molecule is COc1ccc(C(=O)Nc2ccc(N=Nc3ccccc3)cc2)cc1S(=O)(=O)N1CCOCC1. The molecule has 4 rings (SSSR count). The lowest BCUT2D eigenvalue weighted by atomic mass is 10.2. The van der Waals surface area contributed by atoms with E-state index in [0.717, 1.165) is 5.69 Å². The summed E-state index contributed by atoms with van der Waals surface area (Å²) in [5.74, 6) is -0.268. The van der Waals surface area contributed by atoms with Crippen LogP contribution >= 0.6 is 0 Å². The molecule has 0 radical (unpaired) electrons. The lowest BCUT2D eigenvalue weighted by Gasteiger charge is -2.26. The van der Waals surface area contributed by atoms with Crippen LogP contribution in [0.4, 0.5) is 17.1 Å². The van der Waals surface area contributed by atoms with Crippen LogP contribution in [0, 0.1) is 0 Å². The van der Waals surface area contributed by atoms with Gasteiger partial charge in [0.25, 0.3) is 5.91 Å². The second-order valence-corrected chi connectivity index (χ2v) is 9.33. The van der Waals surface area contributed by atoms with E-state index in [0.29, 0.717) is 24.6 Å². The molecule has 9 nitrogen and oxygen atoms in total. The van der Waals surface area contributed by atoms with Crippen molar-refractivity contribution >= 4 is 33.0 Å². The molecule has 0 unspecified atom stereocenters. The number of ether oxygens (including phenoxy) is 2. The number of nitrogens with one attached hydrogen (secondary N) is 1. The highest BCUT2D eigenvalue weighted by molar-refractivity contribution is 7.89. The van der Waals surface area contributed by atoms with E-state index in [1.165, 1.54) is 29.6 Å². The van der Waals surface area contributed by atoms with Gasteiger partial charge in [0.2, 0.25) is 10.0 Å². The average molecular weight is 481 g/mol. The molecule has 3 aromatic carbocycles. The largest absolute Gasteiger partial charge is 0.495 e. The minimum Gasteiger partial charge on any atom is -0.495 e. The molecule has 0 aliphatic carbocycles. The Morgan fingerprint density at radius 2 is 1.59 bits per heavy atom. The minimum atomic E-state index is -3.84. The number of rotatable bonds is 7. The molecular weight excluding hydrogens is 456 g/mol. The second kappa shape index (κ2) is 10.6. The first-order valence-electron chi connectivity index (χ1n) is 10.6. The van der Waals surface area contributed by atoms with E-state index in [9.17, 15) is 13.2 Å². The number of hydrogen-bond donors (Lipinski definition) is 1. The summed E-state index contributed by atoms with van der Waals surface area (Å²) in [5.41, 5.74) is 2.10. The van der Waals surface area contributed by atoms with Crippen molar-refractivity contribution in [1.29, 1.82) is 0 Å². The Labute approximate surface area is 198 Å². The van der Waals surface area contributed by atoms with Gasteiger partial charge < -0.3 is 14.8 Å². The van der Waals surface area contributed by atoms with Crippen LogP contribution in [0.1, 0.15) is 10.4 Å². The van der Waals surface area contributed by atoms with Gasteiger partial charge in [-0.25, -0.2) is 8.42 Å². The lowest BCUT2D eigenvalue weighted by Crippen LogP contribution is -2.40. The molecule has 0 atom stereocenters. The Bertz CT molecular complexity index is 1270. The highest BCUT2D eigenvalue weighted by Gasteiger charge is 2.30. The molecule has 10 heteroatoms. The molecular formula is C24H24N4O5S. The number of benzene rings is 3. The quantitative estimate of drug-likeness (QED) is 0.505. The van der Waals surface area contributed by atoms with Crippen molar-refractivity contribution in [2.24, 2.45) is 10.2 Å². The zero-order valence-corrected chi connectivity index (χ0v) is 19.4. The first kappa shape index (κ1) is 23.6. The van der Waals surface area contributed by atoms with Crippen molar-refractivity contribution in [3.63, 3.8) is 0 Å². The van der Waals surface area contributed by atoms with Gasteiger partial charge in [0.05, 0.1) is 31.7 Å². The first-order valence-corrected chi connectivity index (χ1v) is 12.1. The zero-order valence-electron chi connectivity index (χ0n) is 18.5. The topological polar surface area (TPSA) is 110 Å². The molecule has 0 saturated carbocycles. The Balaban J connectivity index is 1.50. The van der Waals surface area contributed by atoms with Gasteiger partial charge in [0.1, 0.15) is 10.6 Å². The van der Waals surface area contributed by atoms with Crippen molar-refractivity contribution in [3.8, 4) is 5.75 Å². The fourth-order valence-electron chi connectivity index (χ4n) is 3.37. The number of carbonyl (C=O) groups excluding carboxylic acids is 1. The third-order valence-corrected chi connectivity index (χ3v) is 7.10. The van der Waals surface area contributed by atoms with E-state index in [1.807, 2.05) is 30.3 Å². The minimum absolute atomic E-state index is 0.0544. The summed E-state index contributed by atoms with van der Waals surface area (Å²) >= 11 is 0. The Hall–Kier alpha value is -3.60. The van der Waals surface area contributed by atoms with Crippen molar-refractivity contribution in [2.75, 3.05) is 38.7 Å². The van der Waals surface area contributed by atoms with Crippen LogP contribution in [0.15, 0.2) is 87.9 Å². The van der Waals surface area contributed by atoms with Gasteiger partial charge in [0, 0.05) is 24.3 Å². The fourth-order valence-corrected chi connectivity index (χ4v) is 4.96. The smallest absolute Gasteiger partial charge is 0.255 e. The summed E-state index contributed by atoms with van der Waals surface area (Å²) in [5, 5.41) is 11.1. The van der Waals surface area contributed by atoms with Crippen molar-refractivity contribution in [1.82, 2.24) is 4.31 Å². The molecule has 1 heterocycles. The molecule has 1 fully saturated rings. The maximum Gasteiger partial charge on any atom is 0.255 e. The van der Waals surface area contributed by atoms with Crippen LogP contribution in [0.5, 0.6) is 5.75 Å². The van der Waals surface area contributed by atoms with Crippen LogP contribution in [0.2, 0.25) is 0 Å². The summed E-state index contributed by atoms with van der Waals surface area (Å²) in [6, 6.07) is 20.5. The Morgan fingerprint density at radius 1 is 0.941 bits per heavy atom. The maximum absolute atomic E-state index is 13.1. The second-order valence-electron chi connectivity index (χ2n) is 7.42. The fraction of sp³-hybridized carbons (Fsp3) is 0.208. The van der Waals surface area contributed by atoms with Gasteiger partial charge in [-0.15, -0.1) is 0 Å². The third kappa shape index (κ3) is 5.48. The molecule has 3 aromatic rings. The molecule has 34 heavy (non-hydrogen) atoms. The first-order chi connectivity index (χ1) is 16.5. The molecule has 1 saturated heterocycles. The summed E-state index contributed by atoms with van der Waals surface area (Å²) in [6.45, 7) is 1.14.